The Labute approximate surface area is 159 Å². The van der Waals surface area contributed by atoms with Gasteiger partial charge in [0, 0.05) is 39.9 Å². The van der Waals surface area contributed by atoms with Crippen LogP contribution in [0.25, 0.3) is 0 Å². The molecule has 0 saturated carbocycles. The van der Waals surface area contributed by atoms with E-state index < -0.39 is 10.0 Å². The van der Waals surface area contributed by atoms with Gasteiger partial charge in [-0.05, 0) is 30.7 Å². The third kappa shape index (κ3) is 7.58. The van der Waals surface area contributed by atoms with Crippen molar-refractivity contribution in [3.8, 4) is 0 Å². The summed E-state index contributed by atoms with van der Waals surface area (Å²) in [5.41, 5.74) is 0. The van der Waals surface area contributed by atoms with Gasteiger partial charge in [0.05, 0.1) is 12.7 Å². The molecule has 3 N–H and O–H groups in total. The molecule has 8 nitrogen and oxygen atoms in total. The van der Waals surface area contributed by atoms with E-state index in [1.54, 1.807) is 24.6 Å². The van der Waals surface area contributed by atoms with Crippen LogP contribution < -0.4 is 15.4 Å². The van der Waals surface area contributed by atoms with Gasteiger partial charge in [-0.1, -0.05) is 6.07 Å². The minimum atomic E-state index is -3.41. The van der Waals surface area contributed by atoms with Crippen LogP contribution in [0.4, 0.5) is 0 Å². The number of rotatable bonds is 11. The lowest BCUT2D eigenvalue weighted by Crippen LogP contribution is -2.41. The maximum Gasteiger partial charge on any atom is 0.250 e. The van der Waals surface area contributed by atoms with E-state index in [2.05, 4.69) is 20.3 Å². The van der Waals surface area contributed by atoms with E-state index in [9.17, 15) is 8.42 Å². The highest BCUT2D eigenvalue weighted by Crippen LogP contribution is 2.14. The Morgan fingerprint density at radius 1 is 1.38 bits per heavy atom. The molecule has 1 unspecified atom stereocenters. The van der Waals surface area contributed by atoms with Gasteiger partial charge in [-0.25, -0.2) is 13.1 Å². The number of nitrogens with zero attached hydrogens (tertiary/aromatic N) is 1. The molecule has 0 spiro atoms. The third-order valence-electron chi connectivity index (χ3n) is 3.78. The monoisotopic (exact) mass is 404 g/mol. The van der Waals surface area contributed by atoms with E-state index in [-0.39, 0.29) is 12.6 Å². The second-order valence-corrected chi connectivity index (χ2v) is 8.76. The van der Waals surface area contributed by atoms with Crippen LogP contribution in [0.5, 0.6) is 0 Å². The van der Waals surface area contributed by atoms with Gasteiger partial charge < -0.3 is 20.1 Å². The SMILES string of the molecule is CN=C(NCCCOCC1CCCO1)NCCNS(=O)(=O)c1cccs1. The van der Waals surface area contributed by atoms with Crippen molar-refractivity contribution < 1.29 is 17.9 Å². The Balaban J connectivity index is 1.51. The summed E-state index contributed by atoms with van der Waals surface area (Å²) in [7, 11) is -1.73. The van der Waals surface area contributed by atoms with Crippen molar-refractivity contribution in [3.63, 3.8) is 0 Å². The van der Waals surface area contributed by atoms with Crippen molar-refractivity contribution in [3.05, 3.63) is 17.5 Å². The molecule has 1 aromatic rings. The number of ether oxygens (including phenoxy) is 2. The fraction of sp³-hybridized carbons (Fsp3) is 0.688. The van der Waals surface area contributed by atoms with Crippen molar-refractivity contribution in [1.82, 2.24) is 15.4 Å². The minimum Gasteiger partial charge on any atom is -0.379 e. The van der Waals surface area contributed by atoms with Crippen LogP contribution in [0.1, 0.15) is 19.3 Å². The molecule has 0 aliphatic carbocycles. The summed E-state index contributed by atoms with van der Waals surface area (Å²) in [6.07, 6.45) is 3.33. The van der Waals surface area contributed by atoms with Crippen molar-refractivity contribution in [1.29, 1.82) is 0 Å². The van der Waals surface area contributed by atoms with Crippen LogP contribution in [0.15, 0.2) is 26.7 Å². The summed E-state index contributed by atoms with van der Waals surface area (Å²) < 4.78 is 37.9. The maximum atomic E-state index is 12.0. The fourth-order valence-electron chi connectivity index (χ4n) is 2.45. The average Bonchev–Trinajstić information content (AvgIpc) is 3.33. The molecule has 0 radical (unpaired) electrons. The standard InChI is InChI=1S/C16H28N4O4S2/c1-17-16(18-7-4-10-23-13-14-5-2-11-24-14)19-8-9-20-26(21,22)15-6-3-12-25-15/h3,6,12,14,20H,2,4-5,7-11,13H2,1H3,(H2,17,18,19). The van der Waals surface area contributed by atoms with Gasteiger partial charge in [0.25, 0.3) is 0 Å². The Morgan fingerprint density at radius 2 is 2.23 bits per heavy atom. The molecule has 1 fully saturated rings. The molecule has 1 aromatic heterocycles. The Hall–Kier alpha value is -1.20. The molecule has 2 rings (SSSR count). The smallest absolute Gasteiger partial charge is 0.250 e. The molecule has 2 heterocycles. The number of nitrogens with one attached hydrogen (secondary N) is 3. The Morgan fingerprint density at radius 3 is 2.92 bits per heavy atom. The topological polar surface area (TPSA) is 101 Å². The number of hydrogen-bond donors (Lipinski definition) is 3. The van der Waals surface area contributed by atoms with Crippen molar-refractivity contribution in [2.45, 2.75) is 29.6 Å². The first kappa shape index (κ1) is 21.1. The highest BCUT2D eigenvalue weighted by molar-refractivity contribution is 7.91. The summed E-state index contributed by atoms with van der Waals surface area (Å²) in [5, 5.41) is 7.99. The zero-order chi connectivity index (χ0) is 18.7. The number of aliphatic imine (C=N–C) groups is 1. The van der Waals surface area contributed by atoms with E-state index in [0.29, 0.717) is 29.9 Å². The molecule has 1 saturated heterocycles. The number of hydrogen-bond acceptors (Lipinski definition) is 6. The van der Waals surface area contributed by atoms with Gasteiger partial charge in [-0.3, -0.25) is 4.99 Å². The van der Waals surface area contributed by atoms with Gasteiger partial charge in [0.2, 0.25) is 10.0 Å². The Kier molecular flexibility index (Phi) is 9.33. The molecule has 0 bridgehead atoms. The number of guanidine groups is 1. The van der Waals surface area contributed by atoms with Crippen LogP contribution in [0, 0.1) is 0 Å². The lowest BCUT2D eigenvalue weighted by atomic mass is 10.2. The van der Waals surface area contributed by atoms with Crippen LogP contribution >= 0.6 is 11.3 Å². The predicted octanol–water partition coefficient (Wildman–Crippen LogP) is 0.777. The van der Waals surface area contributed by atoms with E-state index in [1.165, 1.54) is 11.3 Å². The van der Waals surface area contributed by atoms with Crippen LogP contribution in [0.2, 0.25) is 0 Å². The molecule has 148 valence electrons. The summed E-state index contributed by atoms with van der Waals surface area (Å²) in [5.74, 6) is 0.638. The normalized spacial score (nSPS) is 18.2. The van der Waals surface area contributed by atoms with Gasteiger partial charge in [0.15, 0.2) is 5.96 Å². The predicted molar refractivity (Wildman–Crippen MR) is 103 cm³/mol. The van der Waals surface area contributed by atoms with Crippen molar-refractivity contribution in [2.24, 2.45) is 4.99 Å². The van der Waals surface area contributed by atoms with Gasteiger partial charge >= 0.3 is 0 Å². The second-order valence-electron chi connectivity index (χ2n) is 5.82. The molecular weight excluding hydrogens is 376 g/mol. The van der Waals surface area contributed by atoms with Gasteiger partial charge in [-0.2, -0.15) is 0 Å². The van der Waals surface area contributed by atoms with E-state index in [1.807, 2.05) is 0 Å². The summed E-state index contributed by atoms with van der Waals surface area (Å²) in [6.45, 7) is 3.64. The maximum absolute atomic E-state index is 12.0. The van der Waals surface area contributed by atoms with E-state index in [4.69, 9.17) is 9.47 Å². The molecule has 0 aromatic carbocycles. The highest BCUT2D eigenvalue weighted by atomic mass is 32.2. The molecule has 1 aliphatic heterocycles. The average molecular weight is 405 g/mol. The molecule has 1 aliphatic rings. The van der Waals surface area contributed by atoms with Crippen molar-refractivity contribution in [2.75, 3.05) is 46.5 Å². The number of sulfonamides is 1. The van der Waals surface area contributed by atoms with Crippen LogP contribution in [-0.4, -0.2) is 67.0 Å². The largest absolute Gasteiger partial charge is 0.379 e. The van der Waals surface area contributed by atoms with Crippen LogP contribution in [0.3, 0.4) is 0 Å². The third-order valence-corrected chi connectivity index (χ3v) is 6.64. The first-order chi connectivity index (χ1) is 12.6. The van der Waals surface area contributed by atoms with Crippen molar-refractivity contribution >= 4 is 27.3 Å². The zero-order valence-electron chi connectivity index (χ0n) is 15.1. The second kappa shape index (κ2) is 11.5. The lowest BCUT2D eigenvalue weighted by Gasteiger charge is -2.13. The fourth-order valence-corrected chi connectivity index (χ4v) is 4.52. The van der Waals surface area contributed by atoms with E-state index >= 15 is 0 Å². The summed E-state index contributed by atoms with van der Waals surface area (Å²) in [6, 6.07) is 3.30. The lowest BCUT2D eigenvalue weighted by molar-refractivity contribution is 0.0168. The summed E-state index contributed by atoms with van der Waals surface area (Å²) in [4.78, 5) is 4.11. The van der Waals surface area contributed by atoms with Gasteiger partial charge in [-0.15, -0.1) is 11.3 Å². The molecule has 26 heavy (non-hydrogen) atoms. The van der Waals surface area contributed by atoms with Gasteiger partial charge in [0.1, 0.15) is 4.21 Å². The zero-order valence-corrected chi connectivity index (χ0v) is 16.7. The highest BCUT2D eigenvalue weighted by Gasteiger charge is 2.15. The minimum absolute atomic E-state index is 0.260. The first-order valence-corrected chi connectivity index (χ1v) is 11.1. The molecule has 0 amide bonds. The molecule has 1 atom stereocenters. The van der Waals surface area contributed by atoms with E-state index in [0.717, 1.165) is 32.4 Å². The van der Waals surface area contributed by atoms with Crippen LogP contribution in [-0.2, 0) is 19.5 Å². The number of thiophene rings is 1. The first-order valence-electron chi connectivity index (χ1n) is 8.79. The summed E-state index contributed by atoms with van der Waals surface area (Å²) >= 11 is 1.20. The Bertz CT molecular complexity index is 629. The molecule has 10 heteroatoms. The molecular formula is C16H28N4O4S2. The quantitative estimate of drug-likeness (QED) is 0.286.